The van der Waals surface area contributed by atoms with Gasteiger partial charge in [0.05, 0.1) is 0 Å². The van der Waals surface area contributed by atoms with E-state index in [-0.39, 0.29) is 0 Å². The molecule has 1 aliphatic heterocycles. The van der Waals surface area contributed by atoms with Crippen molar-refractivity contribution in [1.82, 2.24) is 0 Å². The number of thioether (sulfide) groups is 1. The molecule has 3 heteroatoms. The van der Waals surface area contributed by atoms with Crippen LogP contribution in [-0.4, -0.2) is 17.9 Å². The molecule has 0 bridgehead atoms. The average molecular weight is 117 g/mol. The number of rotatable bonds is 0. The van der Waals surface area contributed by atoms with Gasteiger partial charge in [-0.25, -0.2) is 0 Å². The summed E-state index contributed by atoms with van der Waals surface area (Å²) in [5.74, 6) is 1.86. The van der Waals surface area contributed by atoms with Crippen molar-refractivity contribution >= 4 is 18.0 Å². The molecular formula is C4H7NOS. The Morgan fingerprint density at radius 2 is 2.71 bits per heavy atom. The van der Waals surface area contributed by atoms with E-state index in [2.05, 4.69) is 5.16 Å². The molecule has 0 saturated heterocycles. The predicted molar refractivity (Wildman–Crippen MR) is 31.5 cm³/mol. The van der Waals surface area contributed by atoms with Crippen LogP contribution in [0.5, 0.6) is 0 Å². The van der Waals surface area contributed by atoms with Crippen molar-refractivity contribution in [2.75, 3.05) is 11.7 Å². The molecule has 40 valence electrons. The molecule has 1 heterocycles. The second-order valence-corrected chi connectivity index (χ2v) is 2.28. The van der Waals surface area contributed by atoms with Crippen LogP contribution in [0.2, 0.25) is 0 Å². The summed E-state index contributed by atoms with van der Waals surface area (Å²) in [6.45, 7) is 0. The highest BCUT2D eigenvalue weighted by atomic mass is 32.2. The summed E-state index contributed by atoms with van der Waals surface area (Å²) in [7, 11) is 0. The number of nitrogens with zero attached hydrogens (tertiary/aromatic N) is 1. The van der Waals surface area contributed by atoms with Crippen LogP contribution in [0.4, 0.5) is 0 Å². The Morgan fingerprint density at radius 1 is 1.71 bits per heavy atom. The highest BCUT2D eigenvalue weighted by Gasteiger charge is 1.89. The van der Waals surface area contributed by atoms with Crippen molar-refractivity contribution in [3.63, 3.8) is 0 Å². The molecule has 0 amide bonds. The fourth-order valence-electron chi connectivity index (χ4n) is 0.368. The van der Waals surface area contributed by atoms with Gasteiger partial charge in [-0.2, -0.15) is 0 Å². The van der Waals surface area contributed by atoms with Crippen LogP contribution in [0, 0.1) is 0 Å². The van der Waals surface area contributed by atoms with Crippen molar-refractivity contribution in [3.05, 3.63) is 0 Å². The maximum Gasteiger partial charge on any atom is 0.162 e. The van der Waals surface area contributed by atoms with Crippen molar-refractivity contribution < 1.29 is 4.84 Å². The third-order valence-corrected chi connectivity index (χ3v) is 1.47. The van der Waals surface area contributed by atoms with E-state index in [4.69, 9.17) is 4.84 Å². The third-order valence-electron chi connectivity index (χ3n) is 0.676. The lowest BCUT2D eigenvalue weighted by molar-refractivity contribution is 0.199. The molecule has 2 nitrogen and oxygen atoms in total. The summed E-state index contributed by atoms with van der Waals surface area (Å²) in [6.07, 6.45) is 2.85. The predicted octanol–water partition coefficient (Wildman–Crippen LogP) is 1.08. The zero-order valence-corrected chi connectivity index (χ0v) is 4.78. The summed E-state index contributed by atoms with van der Waals surface area (Å²) in [5.41, 5.74) is 0. The van der Waals surface area contributed by atoms with Crippen molar-refractivity contribution in [2.24, 2.45) is 5.16 Å². The topological polar surface area (TPSA) is 21.6 Å². The van der Waals surface area contributed by atoms with Crippen LogP contribution in [0.3, 0.4) is 0 Å². The van der Waals surface area contributed by atoms with E-state index in [1.807, 2.05) is 0 Å². The summed E-state index contributed by atoms with van der Waals surface area (Å²) in [4.78, 5) is 4.73. The Labute approximate surface area is 46.9 Å². The quantitative estimate of drug-likeness (QED) is 0.473. The standard InChI is InChI=1S/C4H7NOS/c1-2-5-6-4-7-3-1/h2H,1,3-4H2. The SMILES string of the molecule is C1=NOCSCC1. The highest BCUT2D eigenvalue weighted by molar-refractivity contribution is 7.99. The molecule has 0 aromatic heterocycles. The molecule has 7 heavy (non-hydrogen) atoms. The van der Waals surface area contributed by atoms with Gasteiger partial charge in [0.25, 0.3) is 0 Å². The second-order valence-electron chi connectivity index (χ2n) is 1.23. The Morgan fingerprint density at radius 3 is 3.71 bits per heavy atom. The number of hydrogen-bond acceptors (Lipinski definition) is 3. The van der Waals surface area contributed by atoms with E-state index >= 15 is 0 Å². The summed E-state index contributed by atoms with van der Waals surface area (Å²) >= 11 is 1.77. The zero-order valence-electron chi connectivity index (χ0n) is 3.96. The Kier molecular flexibility index (Phi) is 2.06. The highest BCUT2D eigenvalue weighted by Crippen LogP contribution is 2.04. The normalized spacial score (nSPS) is 20.6. The first-order chi connectivity index (χ1) is 3.50. The molecule has 0 aromatic carbocycles. The zero-order chi connectivity index (χ0) is 4.95. The minimum atomic E-state index is 0.719. The first-order valence-corrected chi connectivity index (χ1v) is 3.37. The maximum atomic E-state index is 4.73. The number of hydrogen-bond donors (Lipinski definition) is 0. The molecule has 0 atom stereocenters. The first kappa shape index (κ1) is 4.97. The lowest BCUT2D eigenvalue weighted by Crippen LogP contribution is -1.76. The van der Waals surface area contributed by atoms with Gasteiger partial charge in [0.15, 0.2) is 5.94 Å². The van der Waals surface area contributed by atoms with Gasteiger partial charge in [0, 0.05) is 12.0 Å². The van der Waals surface area contributed by atoms with Gasteiger partial charge in [-0.1, -0.05) is 5.16 Å². The summed E-state index contributed by atoms with van der Waals surface area (Å²) in [6, 6.07) is 0. The Hall–Kier alpha value is -0.180. The average Bonchev–Trinajstić information content (AvgIpc) is 1.90. The van der Waals surface area contributed by atoms with Gasteiger partial charge in [-0.15, -0.1) is 11.8 Å². The summed E-state index contributed by atoms with van der Waals surface area (Å²) < 4.78 is 0. The monoisotopic (exact) mass is 117 g/mol. The third kappa shape index (κ3) is 1.83. The van der Waals surface area contributed by atoms with Crippen molar-refractivity contribution in [2.45, 2.75) is 6.42 Å². The van der Waals surface area contributed by atoms with E-state index in [1.165, 1.54) is 0 Å². The van der Waals surface area contributed by atoms with E-state index in [0.29, 0.717) is 0 Å². The van der Waals surface area contributed by atoms with Crippen molar-refractivity contribution in [3.8, 4) is 0 Å². The molecule has 0 unspecified atom stereocenters. The van der Waals surface area contributed by atoms with Crippen molar-refractivity contribution in [1.29, 1.82) is 0 Å². The summed E-state index contributed by atoms with van der Waals surface area (Å²) in [5, 5.41) is 3.62. The van der Waals surface area contributed by atoms with Gasteiger partial charge in [0.2, 0.25) is 0 Å². The molecule has 1 rings (SSSR count). The number of oxime groups is 1. The minimum Gasteiger partial charge on any atom is -0.385 e. The smallest absolute Gasteiger partial charge is 0.162 e. The van der Waals surface area contributed by atoms with Gasteiger partial charge < -0.3 is 4.84 Å². The fourth-order valence-corrected chi connectivity index (χ4v) is 0.893. The Bertz CT molecular complexity index is 66.1. The lowest BCUT2D eigenvalue weighted by atomic mass is 10.5. The molecule has 0 radical (unpaired) electrons. The minimum absolute atomic E-state index is 0.719. The molecule has 0 fully saturated rings. The lowest BCUT2D eigenvalue weighted by Gasteiger charge is -1.88. The van der Waals surface area contributed by atoms with E-state index in [1.54, 1.807) is 18.0 Å². The van der Waals surface area contributed by atoms with Crippen LogP contribution in [0.1, 0.15) is 6.42 Å². The van der Waals surface area contributed by atoms with Gasteiger partial charge in [-0.3, -0.25) is 0 Å². The van der Waals surface area contributed by atoms with Gasteiger partial charge in [-0.05, 0) is 6.42 Å². The first-order valence-electron chi connectivity index (χ1n) is 2.22. The van der Waals surface area contributed by atoms with E-state index in [0.717, 1.165) is 18.1 Å². The fraction of sp³-hybridized carbons (Fsp3) is 0.750. The molecule has 0 aromatic rings. The molecular weight excluding hydrogens is 110 g/mol. The molecule has 0 N–H and O–H groups in total. The molecule has 0 saturated carbocycles. The second kappa shape index (κ2) is 2.91. The molecule has 1 aliphatic rings. The van der Waals surface area contributed by atoms with Gasteiger partial charge in [0.1, 0.15) is 0 Å². The van der Waals surface area contributed by atoms with Gasteiger partial charge >= 0.3 is 0 Å². The van der Waals surface area contributed by atoms with Crippen LogP contribution < -0.4 is 0 Å². The van der Waals surface area contributed by atoms with Crippen LogP contribution in [0.25, 0.3) is 0 Å². The molecule has 0 aliphatic carbocycles. The van der Waals surface area contributed by atoms with Crippen LogP contribution in [-0.2, 0) is 4.84 Å². The largest absolute Gasteiger partial charge is 0.385 e. The van der Waals surface area contributed by atoms with E-state index < -0.39 is 0 Å². The molecule has 0 spiro atoms. The van der Waals surface area contributed by atoms with E-state index in [9.17, 15) is 0 Å². The van der Waals surface area contributed by atoms with Crippen LogP contribution >= 0.6 is 11.8 Å². The maximum absolute atomic E-state index is 4.73. The van der Waals surface area contributed by atoms with Crippen LogP contribution in [0.15, 0.2) is 5.16 Å². The Balaban J connectivity index is 2.20.